The van der Waals surface area contributed by atoms with E-state index in [1.807, 2.05) is 38.1 Å². The molecule has 2 aromatic rings. The van der Waals surface area contributed by atoms with Crippen molar-refractivity contribution >= 4 is 17.4 Å². The van der Waals surface area contributed by atoms with Crippen LogP contribution >= 0.6 is 0 Å². The number of aliphatic hydroxyl groups is 1. The molecule has 1 fully saturated rings. The molecule has 6 nitrogen and oxygen atoms in total. The van der Waals surface area contributed by atoms with Gasteiger partial charge < -0.3 is 19.5 Å². The van der Waals surface area contributed by atoms with E-state index in [9.17, 15) is 14.7 Å². The molecule has 2 aromatic carbocycles. The number of likely N-dealkylation sites (tertiary alicyclic amines) is 1. The number of methoxy groups -OCH3 is 1. The van der Waals surface area contributed by atoms with Crippen LogP contribution in [0.1, 0.15) is 36.1 Å². The molecule has 0 aliphatic carbocycles. The fourth-order valence-corrected chi connectivity index (χ4v) is 3.62. The number of aryl methyl sites for hydroxylation is 1. The standard InChI is InChI=1S/C24H27NO5/c1-4-30-19-12-10-18(11-13-19)22(26)20-21(17-8-6-16(2)7-9-17)25(14-5-15-29-3)24(28)23(20)27/h6-13,21,26H,4-5,14-15H2,1-3H3/t21-/m1/s1. The minimum atomic E-state index is -0.677. The lowest BCUT2D eigenvalue weighted by Crippen LogP contribution is -2.31. The first-order chi connectivity index (χ1) is 14.5. The van der Waals surface area contributed by atoms with Gasteiger partial charge in [0.1, 0.15) is 11.5 Å². The SMILES string of the molecule is CCOc1ccc(C(O)=C2C(=O)C(=O)N(CCCOC)[C@@H]2c2ccc(C)cc2)cc1. The van der Waals surface area contributed by atoms with Gasteiger partial charge in [-0.3, -0.25) is 9.59 Å². The van der Waals surface area contributed by atoms with Gasteiger partial charge in [0.05, 0.1) is 18.2 Å². The summed E-state index contributed by atoms with van der Waals surface area (Å²) in [7, 11) is 1.59. The highest BCUT2D eigenvalue weighted by atomic mass is 16.5. The summed E-state index contributed by atoms with van der Waals surface area (Å²) in [6, 6.07) is 13.8. The number of ether oxygens (including phenoxy) is 2. The first-order valence-corrected chi connectivity index (χ1v) is 10.0. The monoisotopic (exact) mass is 409 g/mol. The number of hydrogen-bond acceptors (Lipinski definition) is 5. The Bertz CT molecular complexity index is 931. The maximum Gasteiger partial charge on any atom is 0.295 e. The van der Waals surface area contributed by atoms with Gasteiger partial charge in [-0.2, -0.15) is 0 Å². The van der Waals surface area contributed by atoms with Crippen molar-refractivity contribution in [3.05, 3.63) is 70.8 Å². The number of Topliss-reactive ketones (excluding diaryl/α,β-unsaturated/α-hetero) is 1. The van der Waals surface area contributed by atoms with Gasteiger partial charge in [-0.25, -0.2) is 0 Å². The molecule has 6 heteroatoms. The maximum atomic E-state index is 12.9. The molecule has 0 radical (unpaired) electrons. The summed E-state index contributed by atoms with van der Waals surface area (Å²) < 4.78 is 10.5. The second-order valence-corrected chi connectivity index (χ2v) is 7.21. The van der Waals surface area contributed by atoms with Crippen molar-refractivity contribution in [3.63, 3.8) is 0 Å². The molecule has 0 saturated carbocycles. The van der Waals surface area contributed by atoms with E-state index in [4.69, 9.17) is 9.47 Å². The number of carbonyl (C=O) groups excluding carboxylic acids is 2. The van der Waals surface area contributed by atoms with Gasteiger partial charge in [0.2, 0.25) is 0 Å². The maximum absolute atomic E-state index is 12.9. The van der Waals surface area contributed by atoms with Crippen LogP contribution in [0, 0.1) is 6.92 Å². The van der Waals surface area contributed by atoms with Crippen LogP contribution in [0.15, 0.2) is 54.1 Å². The number of benzene rings is 2. The van der Waals surface area contributed by atoms with Crippen molar-refractivity contribution < 1.29 is 24.2 Å². The van der Waals surface area contributed by atoms with E-state index in [0.29, 0.717) is 37.5 Å². The Morgan fingerprint density at radius 2 is 1.73 bits per heavy atom. The molecular formula is C24H27NO5. The average Bonchev–Trinajstić information content (AvgIpc) is 3.00. The molecule has 0 spiro atoms. The molecule has 1 heterocycles. The number of nitrogens with zero attached hydrogens (tertiary/aromatic N) is 1. The van der Waals surface area contributed by atoms with Crippen molar-refractivity contribution in [1.82, 2.24) is 4.90 Å². The van der Waals surface area contributed by atoms with E-state index in [1.165, 1.54) is 4.90 Å². The van der Waals surface area contributed by atoms with E-state index in [1.54, 1.807) is 31.4 Å². The highest BCUT2D eigenvalue weighted by Gasteiger charge is 2.45. The Labute approximate surface area is 176 Å². The molecule has 0 unspecified atom stereocenters. The van der Waals surface area contributed by atoms with Gasteiger partial charge in [0, 0.05) is 25.8 Å². The first-order valence-electron chi connectivity index (χ1n) is 10.0. The largest absolute Gasteiger partial charge is 0.507 e. The van der Waals surface area contributed by atoms with Crippen LogP contribution in [-0.2, 0) is 14.3 Å². The molecule has 0 aromatic heterocycles. The Kier molecular flexibility index (Phi) is 6.90. The van der Waals surface area contributed by atoms with E-state index in [2.05, 4.69) is 0 Å². The predicted molar refractivity (Wildman–Crippen MR) is 114 cm³/mol. The Hall–Kier alpha value is -3.12. The number of rotatable bonds is 8. The van der Waals surface area contributed by atoms with Crippen LogP contribution in [0.4, 0.5) is 0 Å². The highest BCUT2D eigenvalue weighted by molar-refractivity contribution is 6.46. The fourth-order valence-electron chi connectivity index (χ4n) is 3.62. The number of amides is 1. The minimum absolute atomic E-state index is 0.102. The molecule has 1 amide bonds. The lowest BCUT2D eigenvalue weighted by molar-refractivity contribution is -0.140. The number of ketones is 1. The van der Waals surface area contributed by atoms with Gasteiger partial charge >= 0.3 is 0 Å². The van der Waals surface area contributed by atoms with Crippen molar-refractivity contribution in [3.8, 4) is 5.75 Å². The van der Waals surface area contributed by atoms with Crippen LogP contribution in [-0.4, -0.2) is 48.6 Å². The van der Waals surface area contributed by atoms with Crippen LogP contribution in [0.3, 0.4) is 0 Å². The summed E-state index contributed by atoms with van der Waals surface area (Å²) in [6.07, 6.45) is 0.592. The van der Waals surface area contributed by atoms with Crippen LogP contribution in [0.25, 0.3) is 5.76 Å². The van der Waals surface area contributed by atoms with Gasteiger partial charge in [-0.05, 0) is 50.1 Å². The quantitative estimate of drug-likeness (QED) is 0.310. The van der Waals surface area contributed by atoms with Crippen molar-refractivity contribution in [1.29, 1.82) is 0 Å². The normalized spacial score (nSPS) is 18.1. The number of carbonyl (C=O) groups is 2. The summed E-state index contributed by atoms with van der Waals surface area (Å²) in [5.74, 6) is -0.797. The summed E-state index contributed by atoms with van der Waals surface area (Å²) in [6.45, 7) is 5.23. The third-order valence-electron chi connectivity index (χ3n) is 5.12. The molecule has 1 saturated heterocycles. The summed E-state index contributed by atoms with van der Waals surface area (Å²) >= 11 is 0. The highest BCUT2D eigenvalue weighted by Crippen LogP contribution is 2.39. The second-order valence-electron chi connectivity index (χ2n) is 7.21. The molecule has 1 atom stereocenters. The van der Waals surface area contributed by atoms with Gasteiger partial charge in [-0.1, -0.05) is 29.8 Å². The van der Waals surface area contributed by atoms with E-state index in [0.717, 1.165) is 11.1 Å². The second kappa shape index (κ2) is 9.59. The molecule has 1 aliphatic rings. The fraction of sp³-hybridized carbons (Fsp3) is 0.333. The number of aliphatic hydroxyl groups excluding tert-OH is 1. The summed E-state index contributed by atoms with van der Waals surface area (Å²) in [4.78, 5) is 27.2. The minimum Gasteiger partial charge on any atom is -0.507 e. The summed E-state index contributed by atoms with van der Waals surface area (Å²) in [5.41, 5.74) is 2.42. The first kappa shape index (κ1) is 21.6. The van der Waals surface area contributed by atoms with Crippen LogP contribution < -0.4 is 4.74 Å². The Morgan fingerprint density at radius 1 is 1.07 bits per heavy atom. The van der Waals surface area contributed by atoms with Crippen LogP contribution in [0.5, 0.6) is 5.75 Å². The van der Waals surface area contributed by atoms with E-state index in [-0.39, 0.29) is 11.3 Å². The predicted octanol–water partition coefficient (Wildman–Crippen LogP) is 3.85. The summed E-state index contributed by atoms with van der Waals surface area (Å²) in [5, 5.41) is 11.0. The molecule has 158 valence electrons. The van der Waals surface area contributed by atoms with Crippen molar-refractivity contribution in [2.75, 3.05) is 26.9 Å². The third kappa shape index (κ3) is 4.39. The Morgan fingerprint density at radius 3 is 2.33 bits per heavy atom. The topological polar surface area (TPSA) is 76.1 Å². The Balaban J connectivity index is 2.06. The molecular weight excluding hydrogens is 382 g/mol. The lowest BCUT2D eigenvalue weighted by atomic mass is 9.94. The smallest absolute Gasteiger partial charge is 0.295 e. The third-order valence-corrected chi connectivity index (χ3v) is 5.12. The molecule has 3 rings (SSSR count). The molecule has 0 bridgehead atoms. The molecule has 30 heavy (non-hydrogen) atoms. The van der Waals surface area contributed by atoms with Gasteiger partial charge in [0.15, 0.2) is 0 Å². The zero-order valence-corrected chi connectivity index (χ0v) is 17.6. The van der Waals surface area contributed by atoms with E-state index < -0.39 is 17.7 Å². The zero-order chi connectivity index (χ0) is 21.7. The molecule has 1 N–H and O–H groups in total. The number of hydrogen-bond donors (Lipinski definition) is 1. The average molecular weight is 409 g/mol. The van der Waals surface area contributed by atoms with Gasteiger partial charge in [-0.15, -0.1) is 0 Å². The van der Waals surface area contributed by atoms with Crippen molar-refractivity contribution in [2.24, 2.45) is 0 Å². The lowest BCUT2D eigenvalue weighted by Gasteiger charge is -2.25. The zero-order valence-electron chi connectivity index (χ0n) is 17.6. The van der Waals surface area contributed by atoms with E-state index >= 15 is 0 Å². The van der Waals surface area contributed by atoms with Gasteiger partial charge in [0.25, 0.3) is 11.7 Å². The molecule has 1 aliphatic heterocycles. The van der Waals surface area contributed by atoms with Crippen molar-refractivity contribution in [2.45, 2.75) is 26.3 Å². The van der Waals surface area contributed by atoms with Crippen LogP contribution in [0.2, 0.25) is 0 Å².